The molecule has 5 nitrogen and oxygen atoms in total. The predicted molar refractivity (Wildman–Crippen MR) is 99.8 cm³/mol. The first kappa shape index (κ1) is 17.8. The van der Waals surface area contributed by atoms with Crippen LogP contribution >= 0.6 is 0 Å². The molecular formula is C21H24FN2O3+. The largest absolute Gasteiger partial charge is 0.490 e. The zero-order valence-electron chi connectivity index (χ0n) is 15.2. The number of rotatable bonds is 4. The van der Waals surface area contributed by atoms with Crippen molar-refractivity contribution >= 4 is 11.6 Å². The summed E-state index contributed by atoms with van der Waals surface area (Å²) in [7, 11) is 0. The second kappa shape index (κ2) is 7.96. The third-order valence-electron chi connectivity index (χ3n) is 5.17. The lowest BCUT2D eigenvalue weighted by atomic mass is 10.0. The first-order valence-electron chi connectivity index (χ1n) is 9.48. The number of hydrogen-bond acceptors (Lipinski definition) is 3. The highest BCUT2D eigenvalue weighted by molar-refractivity contribution is 5.91. The first-order valence-corrected chi connectivity index (χ1v) is 9.48. The normalized spacial score (nSPS) is 21.5. The lowest BCUT2D eigenvalue weighted by Gasteiger charge is -2.22. The highest BCUT2D eigenvalue weighted by Crippen LogP contribution is 2.33. The third-order valence-corrected chi connectivity index (χ3v) is 5.17. The number of amides is 1. The number of hydrogen-bond donors (Lipinski definition) is 2. The fourth-order valence-electron chi connectivity index (χ4n) is 3.87. The molecule has 2 aromatic rings. The summed E-state index contributed by atoms with van der Waals surface area (Å²) in [5.74, 6) is 1.22. The van der Waals surface area contributed by atoms with Gasteiger partial charge in [-0.2, -0.15) is 0 Å². The molecule has 142 valence electrons. The molecule has 27 heavy (non-hydrogen) atoms. The summed E-state index contributed by atoms with van der Waals surface area (Å²) >= 11 is 0. The summed E-state index contributed by atoms with van der Waals surface area (Å²) in [6, 6.07) is 12.2. The Bertz CT molecular complexity index is 810. The van der Waals surface area contributed by atoms with Crippen LogP contribution in [-0.4, -0.2) is 32.2 Å². The molecule has 2 aliphatic rings. The maximum absolute atomic E-state index is 13.0. The minimum Gasteiger partial charge on any atom is -0.490 e. The van der Waals surface area contributed by atoms with Crippen LogP contribution in [0.5, 0.6) is 11.5 Å². The van der Waals surface area contributed by atoms with Crippen molar-refractivity contribution in [3.63, 3.8) is 0 Å². The van der Waals surface area contributed by atoms with Crippen LogP contribution in [0.25, 0.3) is 0 Å². The maximum atomic E-state index is 13.0. The van der Waals surface area contributed by atoms with E-state index in [0.29, 0.717) is 25.4 Å². The Labute approximate surface area is 158 Å². The van der Waals surface area contributed by atoms with Crippen molar-refractivity contribution in [1.82, 2.24) is 0 Å². The van der Waals surface area contributed by atoms with Crippen LogP contribution in [0.3, 0.4) is 0 Å². The number of carbonyl (C=O) groups is 1. The molecular weight excluding hydrogens is 347 g/mol. The lowest BCUT2D eigenvalue weighted by Crippen LogP contribution is -3.11. The van der Waals surface area contributed by atoms with Gasteiger partial charge in [-0.1, -0.05) is 0 Å². The fourth-order valence-corrected chi connectivity index (χ4v) is 3.87. The van der Waals surface area contributed by atoms with Crippen LogP contribution in [0.15, 0.2) is 42.5 Å². The standard InChI is InChI=1S/C21H23FN2O3/c22-16-5-7-17(8-6-16)23-21(25)14-24-10-1-3-18(24)15-4-9-19-20(13-15)27-12-2-11-26-19/h4-9,13,18H,1-3,10-12,14H2,(H,23,25)/p+1/t18-/m1/s1. The van der Waals surface area contributed by atoms with E-state index in [1.807, 2.05) is 6.07 Å². The molecule has 1 fully saturated rings. The Morgan fingerprint density at radius 2 is 1.85 bits per heavy atom. The van der Waals surface area contributed by atoms with Gasteiger partial charge in [0.15, 0.2) is 18.0 Å². The zero-order valence-corrected chi connectivity index (χ0v) is 15.2. The highest BCUT2D eigenvalue weighted by Gasteiger charge is 2.32. The van der Waals surface area contributed by atoms with Gasteiger partial charge in [-0.25, -0.2) is 4.39 Å². The number of likely N-dealkylation sites (tertiary alicyclic amines) is 1. The number of ether oxygens (including phenoxy) is 2. The molecule has 0 radical (unpaired) electrons. The molecule has 1 saturated heterocycles. The maximum Gasteiger partial charge on any atom is 0.279 e. The van der Waals surface area contributed by atoms with Crippen molar-refractivity contribution in [3.8, 4) is 11.5 Å². The van der Waals surface area contributed by atoms with E-state index in [-0.39, 0.29) is 17.8 Å². The summed E-state index contributed by atoms with van der Waals surface area (Å²) < 4.78 is 24.5. The molecule has 2 aromatic carbocycles. The highest BCUT2D eigenvalue weighted by atomic mass is 19.1. The monoisotopic (exact) mass is 371 g/mol. The van der Waals surface area contributed by atoms with Crippen LogP contribution in [-0.2, 0) is 4.79 Å². The molecule has 0 aromatic heterocycles. The minimum atomic E-state index is -0.312. The molecule has 2 heterocycles. The number of anilines is 1. The van der Waals surface area contributed by atoms with Gasteiger partial charge in [0.05, 0.1) is 19.8 Å². The summed E-state index contributed by atoms with van der Waals surface area (Å²) in [5, 5.41) is 2.86. The molecule has 1 unspecified atom stereocenters. The van der Waals surface area contributed by atoms with E-state index in [1.165, 1.54) is 22.6 Å². The molecule has 0 bridgehead atoms. The van der Waals surface area contributed by atoms with Gasteiger partial charge in [-0.05, 0) is 42.5 Å². The van der Waals surface area contributed by atoms with Gasteiger partial charge in [-0.3, -0.25) is 4.79 Å². The van der Waals surface area contributed by atoms with E-state index in [2.05, 4.69) is 17.4 Å². The van der Waals surface area contributed by atoms with Crippen molar-refractivity contribution in [3.05, 3.63) is 53.8 Å². The number of nitrogens with one attached hydrogen (secondary N) is 2. The van der Waals surface area contributed by atoms with Crippen LogP contribution < -0.4 is 19.7 Å². The van der Waals surface area contributed by atoms with Gasteiger partial charge in [0.25, 0.3) is 5.91 Å². The summed E-state index contributed by atoms with van der Waals surface area (Å²) in [6.45, 7) is 2.68. The average Bonchev–Trinajstić information content (AvgIpc) is 2.99. The first-order chi connectivity index (χ1) is 13.2. The van der Waals surface area contributed by atoms with Crippen molar-refractivity contribution in [2.45, 2.75) is 25.3 Å². The topological polar surface area (TPSA) is 52.0 Å². The molecule has 6 heteroatoms. The number of quaternary nitrogens is 1. The molecule has 2 atom stereocenters. The molecule has 2 aliphatic heterocycles. The van der Waals surface area contributed by atoms with Crippen LogP contribution in [0.4, 0.5) is 10.1 Å². The Morgan fingerprint density at radius 3 is 2.67 bits per heavy atom. The van der Waals surface area contributed by atoms with Gasteiger partial charge in [0.1, 0.15) is 11.9 Å². The Kier molecular flexibility index (Phi) is 5.25. The van der Waals surface area contributed by atoms with E-state index >= 15 is 0 Å². The number of carbonyl (C=O) groups excluding carboxylic acids is 1. The van der Waals surface area contributed by atoms with E-state index in [1.54, 1.807) is 12.1 Å². The van der Waals surface area contributed by atoms with E-state index in [9.17, 15) is 9.18 Å². The van der Waals surface area contributed by atoms with E-state index < -0.39 is 0 Å². The Morgan fingerprint density at radius 1 is 1.07 bits per heavy atom. The molecule has 0 saturated carbocycles. The second-order valence-corrected chi connectivity index (χ2v) is 7.09. The SMILES string of the molecule is O=C(C[NH+]1CCC[C@@H]1c1ccc2c(c1)OCCCO2)Nc1ccc(F)cc1. The number of halogens is 1. The molecule has 4 rings (SSSR count). The van der Waals surface area contributed by atoms with E-state index in [0.717, 1.165) is 37.3 Å². The fraction of sp³-hybridized carbons (Fsp3) is 0.381. The lowest BCUT2D eigenvalue weighted by molar-refractivity contribution is -0.910. The molecule has 0 spiro atoms. The minimum absolute atomic E-state index is 0.0575. The van der Waals surface area contributed by atoms with E-state index in [4.69, 9.17) is 9.47 Å². The van der Waals surface area contributed by atoms with Crippen molar-refractivity contribution in [2.75, 3.05) is 31.6 Å². The number of fused-ring (bicyclic) bond motifs is 1. The smallest absolute Gasteiger partial charge is 0.279 e. The van der Waals surface area contributed by atoms with Gasteiger partial charge < -0.3 is 19.7 Å². The van der Waals surface area contributed by atoms with Crippen molar-refractivity contribution < 1.29 is 23.6 Å². The van der Waals surface area contributed by atoms with Gasteiger partial charge in [-0.15, -0.1) is 0 Å². The third kappa shape index (κ3) is 4.22. The molecule has 0 aliphatic carbocycles. The van der Waals surface area contributed by atoms with Crippen LogP contribution in [0, 0.1) is 5.82 Å². The molecule has 1 amide bonds. The zero-order chi connectivity index (χ0) is 18.6. The predicted octanol–water partition coefficient (Wildman–Crippen LogP) is 2.35. The number of benzene rings is 2. The Balaban J connectivity index is 1.43. The van der Waals surface area contributed by atoms with Crippen LogP contribution in [0.2, 0.25) is 0 Å². The van der Waals surface area contributed by atoms with Crippen LogP contribution in [0.1, 0.15) is 30.9 Å². The summed E-state index contributed by atoms with van der Waals surface area (Å²) in [4.78, 5) is 13.7. The van der Waals surface area contributed by atoms with Gasteiger partial charge in [0, 0.05) is 30.5 Å². The summed E-state index contributed by atoms with van der Waals surface area (Å²) in [5.41, 5.74) is 1.80. The molecule has 2 N–H and O–H groups in total. The quantitative estimate of drug-likeness (QED) is 0.868. The Hall–Kier alpha value is -2.60. The van der Waals surface area contributed by atoms with Crippen molar-refractivity contribution in [2.24, 2.45) is 0 Å². The average molecular weight is 371 g/mol. The van der Waals surface area contributed by atoms with Gasteiger partial charge in [0.2, 0.25) is 0 Å². The summed E-state index contributed by atoms with van der Waals surface area (Å²) in [6.07, 6.45) is 3.01. The van der Waals surface area contributed by atoms with Gasteiger partial charge >= 0.3 is 0 Å². The second-order valence-electron chi connectivity index (χ2n) is 7.09. The van der Waals surface area contributed by atoms with Crippen molar-refractivity contribution in [1.29, 1.82) is 0 Å².